The molecule has 0 spiro atoms. The van der Waals surface area contributed by atoms with Crippen molar-refractivity contribution in [1.29, 1.82) is 0 Å². The molecule has 0 aromatic heterocycles. The Balaban J connectivity index is 2.52. The molecule has 15 heavy (non-hydrogen) atoms. The highest BCUT2D eigenvalue weighted by Gasteiger charge is 2.05. The molecule has 0 heterocycles. The third-order valence-electron chi connectivity index (χ3n) is 2.49. The average Bonchev–Trinajstić information content (AvgIpc) is 2.29. The van der Waals surface area contributed by atoms with Gasteiger partial charge in [-0.25, -0.2) is 0 Å². The average molecular weight is 208 g/mol. The molecule has 84 valence electrons. The van der Waals surface area contributed by atoms with Gasteiger partial charge in [0.05, 0.1) is 7.11 Å². The quantitative estimate of drug-likeness (QED) is 0.701. The van der Waals surface area contributed by atoms with Gasteiger partial charge >= 0.3 is 0 Å². The molecule has 0 aliphatic heterocycles. The van der Waals surface area contributed by atoms with Gasteiger partial charge in [0.1, 0.15) is 5.75 Å². The zero-order valence-electron chi connectivity index (χ0n) is 9.28. The van der Waals surface area contributed by atoms with E-state index in [0.717, 1.165) is 37.1 Å². The van der Waals surface area contributed by atoms with E-state index in [-0.39, 0.29) is 6.04 Å². The maximum Gasteiger partial charge on any atom is 0.119 e. The van der Waals surface area contributed by atoms with Crippen LogP contribution in [0.15, 0.2) is 24.3 Å². The lowest BCUT2D eigenvalue weighted by molar-refractivity contribution is 0.413. The summed E-state index contributed by atoms with van der Waals surface area (Å²) in [5.74, 6) is 0.863. The number of nitrogens with two attached hydrogens (primary N) is 2. The van der Waals surface area contributed by atoms with E-state index in [1.165, 1.54) is 0 Å². The normalized spacial score (nSPS) is 12.5. The molecule has 0 amide bonds. The van der Waals surface area contributed by atoms with E-state index < -0.39 is 0 Å². The first kappa shape index (κ1) is 12.0. The Labute approximate surface area is 91.4 Å². The van der Waals surface area contributed by atoms with Crippen LogP contribution in [0.4, 0.5) is 0 Å². The van der Waals surface area contributed by atoms with Crippen LogP contribution >= 0.6 is 0 Å². The highest BCUT2D eigenvalue weighted by molar-refractivity contribution is 5.30. The number of ether oxygens (including phenoxy) is 1. The largest absolute Gasteiger partial charge is 0.497 e. The zero-order chi connectivity index (χ0) is 11.1. The maximum absolute atomic E-state index is 6.06. The predicted octanol–water partition coefficient (Wildman–Crippen LogP) is 1.82. The van der Waals surface area contributed by atoms with Crippen LogP contribution in [0.25, 0.3) is 0 Å². The van der Waals surface area contributed by atoms with Gasteiger partial charge in [0.2, 0.25) is 0 Å². The van der Waals surface area contributed by atoms with E-state index in [9.17, 15) is 0 Å². The molecule has 0 radical (unpaired) electrons. The lowest BCUT2D eigenvalue weighted by Gasteiger charge is -2.12. The summed E-state index contributed by atoms with van der Waals surface area (Å²) >= 11 is 0. The van der Waals surface area contributed by atoms with Gasteiger partial charge in [0.25, 0.3) is 0 Å². The number of benzene rings is 1. The molecular weight excluding hydrogens is 188 g/mol. The van der Waals surface area contributed by atoms with Gasteiger partial charge < -0.3 is 16.2 Å². The maximum atomic E-state index is 6.06. The first-order valence-electron chi connectivity index (χ1n) is 5.37. The van der Waals surface area contributed by atoms with E-state index in [1.54, 1.807) is 7.11 Å². The molecule has 1 aromatic rings. The van der Waals surface area contributed by atoms with Gasteiger partial charge in [-0.2, -0.15) is 0 Å². The van der Waals surface area contributed by atoms with Crippen LogP contribution in [-0.2, 0) is 0 Å². The lowest BCUT2D eigenvalue weighted by Crippen LogP contribution is -2.11. The molecule has 3 heteroatoms. The van der Waals surface area contributed by atoms with Crippen LogP contribution in [0.2, 0.25) is 0 Å². The molecular formula is C12H20N2O. The summed E-state index contributed by atoms with van der Waals surface area (Å²) in [6.45, 7) is 0.741. The Morgan fingerprint density at radius 1 is 1.33 bits per heavy atom. The predicted molar refractivity (Wildman–Crippen MR) is 62.8 cm³/mol. The summed E-state index contributed by atoms with van der Waals surface area (Å²) in [6.07, 6.45) is 3.09. The fraction of sp³-hybridized carbons (Fsp3) is 0.500. The molecule has 0 saturated heterocycles. The van der Waals surface area contributed by atoms with Crippen molar-refractivity contribution in [3.8, 4) is 5.75 Å². The van der Waals surface area contributed by atoms with Gasteiger partial charge in [-0.1, -0.05) is 18.6 Å². The number of hydrogen-bond acceptors (Lipinski definition) is 3. The summed E-state index contributed by atoms with van der Waals surface area (Å²) < 4.78 is 5.16. The van der Waals surface area contributed by atoms with Gasteiger partial charge in [0, 0.05) is 6.04 Å². The highest BCUT2D eigenvalue weighted by Crippen LogP contribution is 2.20. The fourth-order valence-corrected chi connectivity index (χ4v) is 1.55. The van der Waals surface area contributed by atoms with Crippen molar-refractivity contribution in [3.05, 3.63) is 29.8 Å². The second kappa shape index (κ2) is 6.43. The van der Waals surface area contributed by atoms with Crippen LogP contribution in [0, 0.1) is 0 Å². The van der Waals surface area contributed by atoms with Crippen molar-refractivity contribution in [2.75, 3.05) is 13.7 Å². The molecule has 0 aliphatic rings. The highest BCUT2D eigenvalue weighted by atomic mass is 16.5. The smallest absolute Gasteiger partial charge is 0.119 e. The second-order valence-corrected chi connectivity index (χ2v) is 3.67. The van der Waals surface area contributed by atoms with Gasteiger partial charge in [-0.15, -0.1) is 0 Å². The summed E-state index contributed by atoms with van der Waals surface area (Å²) in [6, 6.07) is 8.02. The molecule has 0 aliphatic carbocycles. The number of methoxy groups -OCH3 is 1. The third-order valence-corrected chi connectivity index (χ3v) is 2.49. The van der Waals surface area contributed by atoms with Gasteiger partial charge in [-0.3, -0.25) is 0 Å². The Hall–Kier alpha value is -1.06. The van der Waals surface area contributed by atoms with Crippen molar-refractivity contribution in [2.24, 2.45) is 11.5 Å². The molecule has 1 rings (SSSR count). The lowest BCUT2D eigenvalue weighted by atomic mass is 10.0. The molecule has 3 nitrogen and oxygen atoms in total. The Kier molecular flexibility index (Phi) is 5.15. The molecule has 1 atom stereocenters. The molecule has 1 aromatic carbocycles. The molecule has 0 fully saturated rings. The number of unbranched alkanes of at least 4 members (excludes halogenated alkanes) is 1. The van der Waals surface area contributed by atoms with Crippen LogP contribution in [0.3, 0.4) is 0 Å². The van der Waals surface area contributed by atoms with E-state index in [2.05, 4.69) is 0 Å². The minimum Gasteiger partial charge on any atom is -0.497 e. The van der Waals surface area contributed by atoms with Crippen LogP contribution in [0.1, 0.15) is 30.9 Å². The topological polar surface area (TPSA) is 61.3 Å². The molecule has 4 N–H and O–H groups in total. The van der Waals surface area contributed by atoms with Crippen molar-refractivity contribution in [1.82, 2.24) is 0 Å². The minimum atomic E-state index is 0.0895. The Morgan fingerprint density at radius 2 is 2.13 bits per heavy atom. The first-order chi connectivity index (χ1) is 7.27. The summed E-state index contributed by atoms with van der Waals surface area (Å²) in [4.78, 5) is 0. The molecule has 0 unspecified atom stereocenters. The number of rotatable bonds is 6. The van der Waals surface area contributed by atoms with Crippen molar-refractivity contribution < 1.29 is 4.74 Å². The van der Waals surface area contributed by atoms with Crippen LogP contribution in [0.5, 0.6) is 5.75 Å². The third kappa shape index (κ3) is 3.90. The van der Waals surface area contributed by atoms with Crippen molar-refractivity contribution in [2.45, 2.75) is 25.3 Å². The SMILES string of the molecule is COc1cccc([C@H](N)CCCCN)c1. The number of hydrogen-bond donors (Lipinski definition) is 2. The van der Waals surface area contributed by atoms with E-state index in [0.29, 0.717) is 0 Å². The standard InChI is InChI=1S/C12H20N2O/c1-15-11-6-4-5-10(9-11)12(14)7-2-3-8-13/h4-6,9,12H,2-3,7-8,13-14H2,1H3/t12-/m1/s1. The Morgan fingerprint density at radius 3 is 2.80 bits per heavy atom. The van der Waals surface area contributed by atoms with Gasteiger partial charge in [-0.05, 0) is 37.1 Å². The molecule has 0 bridgehead atoms. The minimum absolute atomic E-state index is 0.0895. The Bertz CT molecular complexity index is 289. The summed E-state index contributed by atoms with van der Waals surface area (Å²) in [5, 5.41) is 0. The van der Waals surface area contributed by atoms with Crippen LogP contribution < -0.4 is 16.2 Å². The first-order valence-corrected chi connectivity index (χ1v) is 5.37. The van der Waals surface area contributed by atoms with Crippen molar-refractivity contribution in [3.63, 3.8) is 0 Å². The zero-order valence-corrected chi connectivity index (χ0v) is 9.28. The monoisotopic (exact) mass is 208 g/mol. The summed E-state index contributed by atoms with van der Waals surface area (Å²) in [7, 11) is 1.67. The van der Waals surface area contributed by atoms with Crippen LogP contribution in [-0.4, -0.2) is 13.7 Å². The molecule has 0 saturated carbocycles. The fourth-order valence-electron chi connectivity index (χ4n) is 1.55. The summed E-state index contributed by atoms with van der Waals surface area (Å²) in [5.41, 5.74) is 12.6. The van der Waals surface area contributed by atoms with E-state index in [4.69, 9.17) is 16.2 Å². The van der Waals surface area contributed by atoms with E-state index >= 15 is 0 Å². The van der Waals surface area contributed by atoms with Gasteiger partial charge in [0.15, 0.2) is 0 Å². The second-order valence-electron chi connectivity index (χ2n) is 3.67. The van der Waals surface area contributed by atoms with E-state index in [1.807, 2.05) is 24.3 Å². The van der Waals surface area contributed by atoms with Crippen molar-refractivity contribution >= 4 is 0 Å².